The van der Waals surface area contributed by atoms with Gasteiger partial charge in [-0.25, -0.2) is 22.4 Å². The van der Waals surface area contributed by atoms with Crippen molar-refractivity contribution in [3.05, 3.63) is 35.4 Å². The highest BCUT2D eigenvalue weighted by molar-refractivity contribution is 5.69. The van der Waals surface area contributed by atoms with Crippen molar-refractivity contribution < 1.29 is 27.1 Å². The first-order valence-electron chi connectivity index (χ1n) is 4.66. The van der Waals surface area contributed by atoms with E-state index in [0.29, 0.717) is 6.07 Å². The van der Waals surface area contributed by atoms with Crippen LogP contribution in [0.5, 0.6) is 0 Å². The fourth-order valence-electron chi connectivity index (χ4n) is 1.55. The Kier molecular flexibility index (Phi) is 2.68. The summed E-state index contributed by atoms with van der Waals surface area (Å²) in [4.78, 5) is 10.8. The Labute approximate surface area is 93.4 Å². The number of alkyl carbamates (subject to hydrolysis) is 1. The van der Waals surface area contributed by atoms with Crippen molar-refractivity contribution in [3.63, 3.8) is 0 Å². The first-order chi connectivity index (χ1) is 7.90. The third-order valence-electron chi connectivity index (χ3n) is 2.35. The molecule has 0 aliphatic carbocycles. The van der Waals surface area contributed by atoms with Crippen LogP contribution in [-0.2, 0) is 4.74 Å². The monoisotopic (exact) mass is 249 g/mol. The Morgan fingerprint density at radius 3 is 2.76 bits per heavy atom. The van der Waals surface area contributed by atoms with E-state index in [1.54, 1.807) is 5.32 Å². The molecule has 17 heavy (non-hydrogen) atoms. The van der Waals surface area contributed by atoms with Crippen molar-refractivity contribution in [1.29, 1.82) is 0 Å². The van der Waals surface area contributed by atoms with Gasteiger partial charge >= 0.3 is 12.0 Å². The molecule has 1 aliphatic rings. The fraction of sp³-hybridized carbons (Fsp3) is 0.300. The van der Waals surface area contributed by atoms with Gasteiger partial charge in [-0.2, -0.15) is 0 Å². The number of hydrogen-bond donors (Lipinski definition) is 1. The minimum Gasteiger partial charge on any atom is -0.443 e. The predicted molar refractivity (Wildman–Crippen MR) is 48.5 cm³/mol. The van der Waals surface area contributed by atoms with Crippen molar-refractivity contribution in [2.45, 2.75) is 12.0 Å². The van der Waals surface area contributed by atoms with Gasteiger partial charge in [0.05, 0.1) is 0 Å². The molecule has 1 amide bonds. The maximum atomic E-state index is 13.4. The summed E-state index contributed by atoms with van der Waals surface area (Å²) in [5.41, 5.74) is -0.605. The average molecular weight is 249 g/mol. The van der Waals surface area contributed by atoms with Crippen molar-refractivity contribution in [2.24, 2.45) is 0 Å². The molecule has 0 spiro atoms. The summed E-state index contributed by atoms with van der Waals surface area (Å²) < 4.78 is 57.1. The maximum Gasteiger partial charge on any atom is 0.408 e. The summed E-state index contributed by atoms with van der Waals surface area (Å²) >= 11 is 0. The van der Waals surface area contributed by atoms with Gasteiger partial charge in [0.15, 0.2) is 6.61 Å². The van der Waals surface area contributed by atoms with E-state index in [9.17, 15) is 22.4 Å². The van der Waals surface area contributed by atoms with Gasteiger partial charge in [0.2, 0.25) is 0 Å². The number of hydrogen-bond acceptors (Lipinski definition) is 2. The number of alkyl halides is 2. The quantitative estimate of drug-likeness (QED) is 0.776. The first-order valence-corrected chi connectivity index (χ1v) is 4.66. The molecule has 0 unspecified atom stereocenters. The van der Waals surface area contributed by atoms with Gasteiger partial charge in [0.1, 0.15) is 17.7 Å². The molecule has 1 aromatic carbocycles. The molecule has 0 radical (unpaired) electrons. The van der Waals surface area contributed by atoms with Gasteiger partial charge in [-0.1, -0.05) is 0 Å². The highest BCUT2D eigenvalue weighted by atomic mass is 19.3. The van der Waals surface area contributed by atoms with Crippen LogP contribution in [0.25, 0.3) is 0 Å². The topological polar surface area (TPSA) is 38.3 Å². The van der Waals surface area contributed by atoms with Crippen molar-refractivity contribution in [1.82, 2.24) is 5.32 Å². The average Bonchev–Trinajstić information content (AvgIpc) is 2.26. The van der Waals surface area contributed by atoms with Crippen LogP contribution in [-0.4, -0.2) is 18.6 Å². The molecule has 1 aliphatic heterocycles. The minimum atomic E-state index is -3.50. The summed E-state index contributed by atoms with van der Waals surface area (Å²) in [5, 5.41) is 1.77. The Balaban J connectivity index is 2.42. The molecule has 1 aromatic rings. The van der Waals surface area contributed by atoms with Crippen LogP contribution in [0.2, 0.25) is 0 Å². The van der Waals surface area contributed by atoms with Gasteiger partial charge in [0, 0.05) is 5.56 Å². The molecule has 2 rings (SSSR count). The lowest BCUT2D eigenvalue weighted by atomic mass is 9.99. The van der Waals surface area contributed by atoms with Crippen LogP contribution in [0.3, 0.4) is 0 Å². The van der Waals surface area contributed by atoms with Gasteiger partial charge in [-0.15, -0.1) is 0 Å². The largest absolute Gasteiger partial charge is 0.443 e. The third kappa shape index (κ3) is 2.17. The van der Waals surface area contributed by atoms with E-state index in [4.69, 9.17) is 0 Å². The molecule has 0 saturated carbocycles. The molecule has 1 atom stereocenters. The number of nitrogens with one attached hydrogen (secondary N) is 1. The van der Waals surface area contributed by atoms with Gasteiger partial charge in [0.25, 0.3) is 0 Å². The van der Waals surface area contributed by atoms with Gasteiger partial charge in [-0.05, 0) is 18.2 Å². The molecule has 1 heterocycles. The highest BCUT2D eigenvalue weighted by Crippen LogP contribution is 2.35. The standard InChI is InChI=1S/C10H7F4NO2/c11-5-1-2-7(12)6(3-5)8-10(13,14)4-17-9(16)15-8/h1-3,8H,4H2,(H,15,16)/t8-/m1/s1. The number of halogens is 4. The number of amides is 1. The Hall–Kier alpha value is -1.79. The number of cyclic esters (lactones) is 1. The van der Waals surface area contributed by atoms with Gasteiger partial charge in [-0.3, -0.25) is 0 Å². The minimum absolute atomic E-state index is 0.605. The molecule has 1 saturated heterocycles. The van der Waals surface area contributed by atoms with E-state index < -0.39 is 41.9 Å². The Morgan fingerprint density at radius 1 is 1.35 bits per heavy atom. The lowest BCUT2D eigenvalue weighted by Gasteiger charge is -2.31. The Bertz CT molecular complexity index is 464. The molecule has 7 heteroatoms. The van der Waals surface area contributed by atoms with Crippen molar-refractivity contribution >= 4 is 6.09 Å². The second kappa shape index (κ2) is 3.90. The van der Waals surface area contributed by atoms with Crippen LogP contribution >= 0.6 is 0 Å². The number of benzene rings is 1. The fourth-order valence-corrected chi connectivity index (χ4v) is 1.55. The van der Waals surface area contributed by atoms with Crippen molar-refractivity contribution in [2.75, 3.05) is 6.61 Å². The van der Waals surface area contributed by atoms with Crippen LogP contribution in [0.4, 0.5) is 22.4 Å². The lowest BCUT2D eigenvalue weighted by molar-refractivity contribution is -0.105. The summed E-state index contributed by atoms with van der Waals surface area (Å²) in [6.07, 6.45) is -1.09. The maximum absolute atomic E-state index is 13.4. The van der Waals surface area contributed by atoms with Crippen LogP contribution in [0.1, 0.15) is 11.6 Å². The molecular formula is C10H7F4NO2. The highest BCUT2D eigenvalue weighted by Gasteiger charge is 2.47. The smallest absolute Gasteiger partial charge is 0.408 e. The second-order valence-corrected chi connectivity index (χ2v) is 3.58. The molecule has 0 bridgehead atoms. The van der Waals surface area contributed by atoms with E-state index in [0.717, 1.165) is 12.1 Å². The number of ether oxygens (including phenoxy) is 1. The third-order valence-corrected chi connectivity index (χ3v) is 2.35. The van der Waals surface area contributed by atoms with Crippen LogP contribution in [0.15, 0.2) is 18.2 Å². The predicted octanol–water partition coefficient (Wildman–Crippen LogP) is 2.38. The van der Waals surface area contributed by atoms with Crippen molar-refractivity contribution in [3.8, 4) is 0 Å². The number of carbonyl (C=O) groups excluding carboxylic acids is 1. The first kappa shape index (κ1) is 11.7. The summed E-state index contributed by atoms with van der Waals surface area (Å²) in [7, 11) is 0. The zero-order valence-corrected chi connectivity index (χ0v) is 8.34. The number of carbonyl (C=O) groups is 1. The second-order valence-electron chi connectivity index (χ2n) is 3.58. The molecular weight excluding hydrogens is 242 g/mol. The normalized spacial score (nSPS) is 22.8. The molecule has 0 aromatic heterocycles. The summed E-state index contributed by atoms with van der Waals surface area (Å²) in [6.45, 7) is -1.17. The SMILES string of the molecule is O=C1N[C@H](c2cc(F)ccc2F)C(F)(F)CO1. The molecule has 1 N–H and O–H groups in total. The van der Waals surface area contributed by atoms with Crippen LogP contribution < -0.4 is 5.32 Å². The molecule has 3 nitrogen and oxygen atoms in total. The zero-order valence-electron chi connectivity index (χ0n) is 8.34. The van der Waals surface area contributed by atoms with E-state index >= 15 is 0 Å². The van der Waals surface area contributed by atoms with Gasteiger partial charge < -0.3 is 10.1 Å². The summed E-state index contributed by atoms with van der Waals surface area (Å²) in [5.74, 6) is -5.38. The van der Waals surface area contributed by atoms with Crippen LogP contribution in [0, 0.1) is 11.6 Å². The summed E-state index contributed by atoms with van der Waals surface area (Å²) in [6, 6.07) is 0.222. The number of rotatable bonds is 1. The van der Waals surface area contributed by atoms with E-state index in [1.807, 2.05) is 0 Å². The molecule has 1 fully saturated rings. The molecule has 92 valence electrons. The van der Waals surface area contributed by atoms with E-state index in [-0.39, 0.29) is 0 Å². The lowest BCUT2D eigenvalue weighted by Crippen LogP contribution is -2.49. The zero-order chi connectivity index (χ0) is 12.6. The van der Waals surface area contributed by atoms with E-state index in [2.05, 4.69) is 4.74 Å². The van der Waals surface area contributed by atoms with E-state index in [1.165, 1.54) is 0 Å². The Morgan fingerprint density at radius 2 is 2.06 bits per heavy atom.